The van der Waals surface area contributed by atoms with Crippen molar-refractivity contribution >= 4 is 17.0 Å². The Bertz CT molecular complexity index is 926. The Morgan fingerprint density at radius 1 is 1.36 bits per heavy atom. The number of rotatable bonds is 5. The van der Waals surface area contributed by atoms with E-state index in [2.05, 4.69) is 15.0 Å². The average molecular weight is 390 g/mol. The Morgan fingerprint density at radius 2 is 2.11 bits per heavy atom. The molecule has 4 rings (SSSR count). The van der Waals surface area contributed by atoms with Gasteiger partial charge in [-0.25, -0.2) is 15.0 Å². The van der Waals surface area contributed by atoms with Crippen LogP contribution in [0.25, 0.3) is 11.2 Å². The number of ether oxygens (including phenoxy) is 3. The van der Waals surface area contributed by atoms with Crippen LogP contribution in [0.5, 0.6) is 0 Å². The molecule has 11 heteroatoms. The van der Waals surface area contributed by atoms with Crippen molar-refractivity contribution in [2.75, 3.05) is 12.3 Å². The molecule has 0 amide bonds. The first-order valence-corrected chi connectivity index (χ1v) is 9.01. The lowest BCUT2D eigenvalue weighted by Gasteiger charge is -2.40. The summed E-state index contributed by atoms with van der Waals surface area (Å²) in [5.41, 5.74) is 5.30. The largest absolute Gasteiger partial charge is 0.394 e. The highest BCUT2D eigenvalue weighted by Crippen LogP contribution is 2.49. The topological polar surface area (TPSA) is 162 Å². The summed E-state index contributed by atoms with van der Waals surface area (Å²) in [4.78, 5) is 12.4. The number of aliphatic hydroxyl groups excluding tert-OH is 1. The third-order valence-electron chi connectivity index (χ3n) is 5.60. The highest BCUT2D eigenvalue weighted by Gasteiger charge is 2.64. The molecule has 0 radical (unpaired) electrons. The number of hydrogen-bond acceptors (Lipinski definition) is 10. The van der Waals surface area contributed by atoms with Gasteiger partial charge in [0.15, 0.2) is 17.7 Å². The van der Waals surface area contributed by atoms with Crippen LogP contribution in [-0.4, -0.2) is 66.0 Å². The first-order valence-electron chi connectivity index (χ1n) is 9.01. The van der Waals surface area contributed by atoms with Crippen LogP contribution in [0.3, 0.4) is 0 Å². The summed E-state index contributed by atoms with van der Waals surface area (Å²) >= 11 is 0. The monoisotopic (exact) mass is 390 g/mol. The SMILES string of the molecule is CCC(C)(O)C1(CC#N)O[C@@H]2[C@H](O1)[C@@H](CO)O[C@H]2n1cnc2c(N)ncnc21. The maximum atomic E-state index is 10.9. The second kappa shape index (κ2) is 6.61. The Morgan fingerprint density at radius 3 is 2.79 bits per heavy atom. The molecule has 2 unspecified atom stereocenters. The van der Waals surface area contributed by atoms with Gasteiger partial charge in [0.2, 0.25) is 5.79 Å². The van der Waals surface area contributed by atoms with E-state index < -0.39 is 35.9 Å². The van der Waals surface area contributed by atoms with E-state index in [9.17, 15) is 15.5 Å². The van der Waals surface area contributed by atoms with E-state index >= 15 is 0 Å². The lowest BCUT2D eigenvalue weighted by Crippen LogP contribution is -2.54. The zero-order chi connectivity index (χ0) is 20.1. The first-order chi connectivity index (χ1) is 13.4. The third-order valence-corrected chi connectivity index (χ3v) is 5.60. The van der Waals surface area contributed by atoms with Gasteiger partial charge in [0.25, 0.3) is 0 Å². The summed E-state index contributed by atoms with van der Waals surface area (Å²) in [5.74, 6) is -1.31. The number of aliphatic hydroxyl groups is 2. The van der Waals surface area contributed by atoms with Gasteiger partial charge in [-0.2, -0.15) is 5.26 Å². The van der Waals surface area contributed by atoms with E-state index in [1.165, 1.54) is 12.7 Å². The maximum absolute atomic E-state index is 10.9. The number of nitrogens with zero attached hydrogens (tertiary/aromatic N) is 5. The Labute approximate surface area is 160 Å². The van der Waals surface area contributed by atoms with Gasteiger partial charge in [0, 0.05) is 0 Å². The van der Waals surface area contributed by atoms with Crippen LogP contribution in [0.15, 0.2) is 12.7 Å². The van der Waals surface area contributed by atoms with Gasteiger partial charge in [-0.3, -0.25) is 4.57 Å². The number of fused-ring (bicyclic) bond motifs is 2. The lowest BCUT2D eigenvalue weighted by atomic mass is 9.90. The van der Waals surface area contributed by atoms with E-state index in [1.54, 1.807) is 18.4 Å². The van der Waals surface area contributed by atoms with Gasteiger partial charge in [-0.1, -0.05) is 6.92 Å². The Kier molecular flexibility index (Phi) is 4.48. The molecule has 0 aromatic carbocycles. The van der Waals surface area contributed by atoms with Gasteiger partial charge in [0.05, 0.1) is 25.4 Å². The predicted octanol–water partition coefficient (Wildman–Crippen LogP) is -0.147. The standard InChI is InChI=1S/C17H22N6O5/c1-3-16(2,25)17(4-5-18)27-11-9(6-24)26-15(12(11)28-17)23-8-22-10-13(19)20-7-21-14(10)23/h7-9,11-12,15,24-25H,3-4,6H2,1-2H3,(H2,19,20,21)/t9-,11-,12-,15-,16?,17?/m1/s1. The smallest absolute Gasteiger partial charge is 0.211 e. The molecule has 2 aromatic heterocycles. The summed E-state index contributed by atoms with van der Waals surface area (Å²) in [6, 6.07) is 2.03. The Hall–Kier alpha value is -2.36. The first kappa shape index (κ1) is 19.0. The second-order valence-corrected chi connectivity index (χ2v) is 7.21. The molecule has 0 saturated carbocycles. The molecule has 0 bridgehead atoms. The van der Waals surface area contributed by atoms with E-state index in [1.807, 2.05) is 6.07 Å². The molecule has 11 nitrogen and oxygen atoms in total. The van der Waals surface area contributed by atoms with E-state index in [0.29, 0.717) is 17.6 Å². The predicted molar refractivity (Wildman–Crippen MR) is 94.4 cm³/mol. The molecular formula is C17H22N6O5. The molecule has 0 spiro atoms. The number of anilines is 1. The third kappa shape index (κ3) is 2.57. The summed E-state index contributed by atoms with van der Waals surface area (Å²) in [5, 5.41) is 30.0. The number of imidazole rings is 1. The van der Waals surface area contributed by atoms with Crippen molar-refractivity contribution in [1.29, 1.82) is 5.26 Å². The molecule has 2 saturated heterocycles. The number of aromatic nitrogens is 4. The van der Waals surface area contributed by atoms with Gasteiger partial charge in [-0.15, -0.1) is 0 Å². The number of nitrogens with two attached hydrogens (primary N) is 1. The summed E-state index contributed by atoms with van der Waals surface area (Å²) in [7, 11) is 0. The molecule has 0 aliphatic carbocycles. The minimum Gasteiger partial charge on any atom is -0.394 e. The molecule has 150 valence electrons. The molecule has 4 heterocycles. The van der Waals surface area contributed by atoms with Gasteiger partial charge in [0.1, 0.15) is 35.8 Å². The fraction of sp³-hybridized carbons (Fsp3) is 0.647. The summed E-state index contributed by atoms with van der Waals surface area (Å²) in [6.07, 6.45) is 0.125. The van der Waals surface area contributed by atoms with Crippen LogP contribution >= 0.6 is 0 Å². The molecule has 2 aliphatic heterocycles. The maximum Gasteiger partial charge on any atom is 0.211 e. The van der Waals surface area contributed by atoms with Crippen LogP contribution in [0, 0.1) is 11.3 Å². The van der Waals surface area contributed by atoms with Crippen LogP contribution in [0.1, 0.15) is 32.9 Å². The highest BCUT2D eigenvalue weighted by atomic mass is 16.8. The summed E-state index contributed by atoms with van der Waals surface area (Å²) in [6.45, 7) is 3.03. The normalized spacial score (nSPS) is 34.2. The van der Waals surface area contributed by atoms with E-state index in [-0.39, 0.29) is 18.8 Å². The average Bonchev–Trinajstić information content (AvgIpc) is 3.34. The minimum atomic E-state index is -1.54. The van der Waals surface area contributed by atoms with Crippen LogP contribution in [0.2, 0.25) is 0 Å². The second-order valence-electron chi connectivity index (χ2n) is 7.21. The van der Waals surface area contributed by atoms with Crippen LogP contribution < -0.4 is 5.73 Å². The van der Waals surface area contributed by atoms with Crippen molar-refractivity contribution in [1.82, 2.24) is 19.5 Å². The zero-order valence-electron chi connectivity index (χ0n) is 15.5. The fourth-order valence-corrected chi connectivity index (χ4v) is 3.77. The number of nitrogen functional groups attached to an aromatic ring is 1. The molecule has 2 aliphatic rings. The molecule has 28 heavy (non-hydrogen) atoms. The minimum absolute atomic E-state index is 0.175. The van der Waals surface area contributed by atoms with Crippen molar-refractivity contribution in [3.8, 4) is 6.07 Å². The molecule has 6 atom stereocenters. The number of hydrogen-bond donors (Lipinski definition) is 3. The van der Waals surface area contributed by atoms with Crippen LogP contribution in [-0.2, 0) is 14.2 Å². The van der Waals surface area contributed by atoms with Gasteiger partial charge >= 0.3 is 0 Å². The van der Waals surface area contributed by atoms with Gasteiger partial charge < -0.3 is 30.2 Å². The molecular weight excluding hydrogens is 368 g/mol. The molecule has 2 aromatic rings. The van der Waals surface area contributed by atoms with Crippen molar-refractivity contribution in [2.45, 2.75) is 62.6 Å². The van der Waals surface area contributed by atoms with Crippen LogP contribution in [0.4, 0.5) is 5.82 Å². The van der Waals surface area contributed by atoms with Gasteiger partial charge in [-0.05, 0) is 13.3 Å². The molecule has 2 fully saturated rings. The van der Waals surface area contributed by atoms with Crippen molar-refractivity contribution in [2.24, 2.45) is 0 Å². The fourth-order valence-electron chi connectivity index (χ4n) is 3.77. The van der Waals surface area contributed by atoms with E-state index in [0.717, 1.165) is 0 Å². The van der Waals surface area contributed by atoms with E-state index in [4.69, 9.17) is 19.9 Å². The zero-order valence-corrected chi connectivity index (χ0v) is 15.5. The quantitative estimate of drug-likeness (QED) is 0.626. The van der Waals surface area contributed by atoms with Crippen molar-refractivity contribution in [3.05, 3.63) is 12.7 Å². The molecule has 4 N–H and O–H groups in total. The summed E-state index contributed by atoms with van der Waals surface area (Å²) < 4.78 is 19.8. The lowest BCUT2D eigenvalue weighted by molar-refractivity contribution is -0.293. The van der Waals surface area contributed by atoms with Crippen molar-refractivity contribution in [3.63, 3.8) is 0 Å². The Balaban J connectivity index is 1.76. The van der Waals surface area contributed by atoms with Crippen molar-refractivity contribution < 1.29 is 24.4 Å². The highest BCUT2D eigenvalue weighted by molar-refractivity contribution is 5.81. The number of nitriles is 1.